The molecule has 1 aliphatic rings. The quantitative estimate of drug-likeness (QED) is 0.782. The van der Waals surface area contributed by atoms with Crippen molar-refractivity contribution in [2.45, 2.75) is 19.9 Å². The van der Waals surface area contributed by atoms with Gasteiger partial charge in [-0.05, 0) is 26.0 Å². The largest absolute Gasteiger partial charge is 0.350 e. The predicted octanol–water partition coefficient (Wildman–Crippen LogP) is 1.96. The van der Waals surface area contributed by atoms with Crippen LogP contribution in [0.25, 0.3) is 0 Å². The van der Waals surface area contributed by atoms with Gasteiger partial charge in [-0.1, -0.05) is 0 Å². The number of hydrogen-bond acceptors (Lipinski definition) is 7. The van der Waals surface area contributed by atoms with Gasteiger partial charge in [0.2, 0.25) is 0 Å². The van der Waals surface area contributed by atoms with Crippen molar-refractivity contribution in [3.8, 4) is 6.07 Å². The maximum absolute atomic E-state index is 12.7. The van der Waals surface area contributed by atoms with Crippen LogP contribution in [0, 0.1) is 11.3 Å². The van der Waals surface area contributed by atoms with E-state index in [1.807, 2.05) is 11.8 Å². The van der Waals surface area contributed by atoms with Crippen LogP contribution in [-0.2, 0) is 0 Å². The third-order valence-corrected chi connectivity index (χ3v) is 5.31. The fourth-order valence-electron chi connectivity index (χ4n) is 2.88. The molecule has 0 bridgehead atoms. The van der Waals surface area contributed by atoms with E-state index in [1.54, 1.807) is 23.2 Å². The lowest BCUT2D eigenvalue weighted by molar-refractivity contribution is 0.0678. The van der Waals surface area contributed by atoms with Gasteiger partial charge in [0.25, 0.3) is 5.91 Å². The maximum Gasteiger partial charge on any atom is 0.264 e. The Hall–Kier alpha value is -2.79. The summed E-state index contributed by atoms with van der Waals surface area (Å²) in [5, 5.41) is 9.18. The van der Waals surface area contributed by atoms with Gasteiger partial charge in [0.1, 0.15) is 6.07 Å². The fraction of sp³-hybridized carbons (Fsp3) is 0.353. The van der Waals surface area contributed by atoms with Gasteiger partial charge < -0.3 is 9.80 Å². The van der Waals surface area contributed by atoms with Crippen LogP contribution in [-0.4, -0.2) is 52.2 Å². The molecule has 0 N–H and O–H groups in total. The third kappa shape index (κ3) is 3.37. The number of carbonyl (C=O) groups excluding carboxylic acids is 2. The average Bonchev–Trinajstić information content (AvgIpc) is 3.11. The summed E-state index contributed by atoms with van der Waals surface area (Å²) in [7, 11) is 0. The van der Waals surface area contributed by atoms with Crippen LogP contribution in [0.2, 0.25) is 0 Å². The first-order valence-electron chi connectivity index (χ1n) is 7.89. The van der Waals surface area contributed by atoms with Gasteiger partial charge in [-0.2, -0.15) is 5.26 Å². The number of aromatic nitrogens is 2. The maximum atomic E-state index is 12.7. The van der Waals surface area contributed by atoms with Crippen molar-refractivity contribution in [2.24, 2.45) is 0 Å². The van der Waals surface area contributed by atoms with Crippen molar-refractivity contribution in [3.05, 3.63) is 40.0 Å². The monoisotopic (exact) mass is 355 g/mol. The van der Waals surface area contributed by atoms with Crippen molar-refractivity contribution in [3.63, 3.8) is 0 Å². The lowest BCUT2D eigenvalue weighted by Crippen LogP contribution is -2.54. The summed E-state index contributed by atoms with van der Waals surface area (Å²) in [6, 6.07) is 5.41. The molecular formula is C17H17N5O2S. The lowest BCUT2D eigenvalue weighted by atomic mass is 10.1. The number of nitrogens with zero attached hydrogens (tertiary/aromatic N) is 5. The minimum absolute atomic E-state index is 0.0337. The van der Waals surface area contributed by atoms with Crippen molar-refractivity contribution in [1.29, 1.82) is 5.26 Å². The highest BCUT2D eigenvalue weighted by Gasteiger charge is 2.30. The molecule has 8 heteroatoms. The molecule has 0 radical (unpaired) electrons. The van der Waals surface area contributed by atoms with E-state index >= 15 is 0 Å². The summed E-state index contributed by atoms with van der Waals surface area (Å²) < 4.78 is 0. The summed E-state index contributed by atoms with van der Waals surface area (Å²) in [6.45, 7) is 5.13. The van der Waals surface area contributed by atoms with Crippen LogP contribution in [0.3, 0.4) is 0 Å². The summed E-state index contributed by atoms with van der Waals surface area (Å²) in [4.78, 5) is 37.4. The zero-order chi connectivity index (χ0) is 18.0. The first-order valence-corrected chi connectivity index (χ1v) is 8.70. The Balaban J connectivity index is 1.74. The highest BCUT2D eigenvalue weighted by Crippen LogP contribution is 2.23. The molecular weight excluding hydrogens is 338 g/mol. The molecule has 3 heterocycles. The molecule has 1 atom stereocenters. The molecule has 25 heavy (non-hydrogen) atoms. The van der Waals surface area contributed by atoms with Crippen molar-refractivity contribution in [2.75, 3.05) is 24.5 Å². The number of amides is 1. The lowest BCUT2D eigenvalue weighted by Gasteiger charge is -2.40. The summed E-state index contributed by atoms with van der Waals surface area (Å²) in [5.74, 6) is 0.455. The summed E-state index contributed by atoms with van der Waals surface area (Å²) in [5.41, 5.74) is 0.291. The SMILES string of the molecule is CC(=O)c1ccc(C(=O)N2CCN(c3nccnc3C#N)CC2C)s1. The van der Waals surface area contributed by atoms with Gasteiger partial charge in [0.05, 0.1) is 9.75 Å². The van der Waals surface area contributed by atoms with Crippen LogP contribution < -0.4 is 4.90 Å². The first kappa shape index (κ1) is 17.0. The molecule has 7 nitrogen and oxygen atoms in total. The molecule has 2 aromatic heterocycles. The third-order valence-electron chi connectivity index (χ3n) is 4.14. The average molecular weight is 355 g/mol. The summed E-state index contributed by atoms with van der Waals surface area (Å²) in [6.07, 6.45) is 3.06. The van der Waals surface area contributed by atoms with Gasteiger partial charge in [-0.15, -0.1) is 11.3 Å². The van der Waals surface area contributed by atoms with Crippen molar-refractivity contribution in [1.82, 2.24) is 14.9 Å². The number of hydrogen-bond donors (Lipinski definition) is 0. The zero-order valence-corrected chi connectivity index (χ0v) is 14.8. The summed E-state index contributed by atoms with van der Waals surface area (Å²) >= 11 is 1.23. The van der Waals surface area contributed by atoms with Gasteiger partial charge in [-0.25, -0.2) is 9.97 Å². The molecule has 0 spiro atoms. The van der Waals surface area contributed by atoms with E-state index < -0.39 is 0 Å². The molecule has 0 aromatic carbocycles. The normalized spacial score (nSPS) is 17.2. The molecule has 3 rings (SSSR count). The van der Waals surface area contributed by atoms with E-state index in [9.17, 15) is 14.9 Å². The molecule has 1 amide bonds. The number of nitriles is 1. The molecule has 1 aliphatic heterocycles. The van der Waals surface area contributed by atoms with Gasteiger partial charge in [0, 0.05) is 38.1 Å². The molecule has 1 fully saturated rings. The van der Waals surface area contributed by atoms with E-state index in [0.717, 1.165) is 0 Å². The van der Waals surface area contributed by atoms with Crippen LogP contribution >= 0.6 is 11.3 Å². The van der Waals surface area contributed by atoms with Crippen molar-refractivity contribution < 1.29 is 9.59 Å². The van der Waals surface area contributed by atoms with Gasteiger partial charge >= 0.3 is 0 Å². The van der Waals surface area contributed by atoms with Crippen LogP contribution in [0.4, 0.5) is 5.82 Å². The molecule has 128 valence electrons. The molecule has 0 saturated carbocycles. The van der Waals surface area contributed by atoms with E-state index in [-0.39, 0.29) is 17.7 Å². The molecule has 1 unspecified atom stereocenters. The number of anilines is 1. The number of ketones is 1. The standard InChI is InChI=1S/C17H17N5O2S/c1-11-10-21(16-13(9-18)19-5-6-20-16)7-8-22(11)17(24)15-4-3-14(25-15)12(2)23/h3-6,11H,7-8,10H2,1-2H3. The smallest absolute Gasteiger partial charge is 0.264 e. The van der Waals surface area contributed by atoms with Gasteiger partial charge in [0.15, 0.2) is 17.3 Å². The predicted molar refractivity (Wildman–Crippen MR) is 93.8 cm³/mol. The number of piperazine rings is 1. The second-order valence-corrected chi connectivity index (χ2v) is 6.94. The molecule has 2 aromatic rings. The van der Waals surface area contributed by atoms with E-state index in [2.05, 4.69) is 16.0 Å². The van der Waals surface area contributed by atoms with Gasteiger partial charge in [-0.3, -0.25) is 9.59 Å². The number of carbonyl (C=O) groups is 2. The highest BCUT2D eigenvalue weighted by molar-refractivity contribution is 7.15. The number of thiophene rings is 1. The minimum Gasteiger partial charge on any atom is -0.350 e. The van der Waals surface area contributed by atoms with Crippen LogP contribution in [0.15, 0.2) is 24.5 Å². The number of Topliss-reactive ketones (excluding diaryl/α,β-unsaturated/α-hetero) is 1. The molecule has 0 aliphatic carbocycles. The second-order valence-electron chi connectivity index (χ2n) is 5.85. The highest BCUT2D eigenvalue weighted by atomic mass is 32.1. The van der Waals surface area contributed by atoms with Crippen LogP contribution in [0.5, 0.6) is 0 Å². The van der Waals surface area contributed by atoms with E-state index in [1.165, 1.54) is 24.5 Å². The topological polar surface area (TPSA) is 90.2 Å². The van der Waals surface area contributed by atoms with E-state index in [0.29, 0.717) is 40.9 Å². The Morgan fingerprint density at radius 1 is 1.24 bits per heavy atom. The zero-order valence-electron chi connectivity index (χ0n) is 14.0. The van der Waals surface area contributed by atoms with E-state index in [4.69, 9.17) is 0 Å². The Labute approximate surface area is 149 Å². The van der Waals surface area contributed by atoms with Crippen LogP contribution in [0.1, 0.15) is 38.9 Å². The second kappa shape index (κ2) is 6.99. The fourth-order valence-corrected chi connectivity index (χ4v) is 3.73. The number of rotatable bonds is 3. The Bertz CT molecular complexity index is 857. The molecule has 1 saturated heterocycles. The first-order chi connectivity index (χ1) is 12.0. The van der Waals surface area contributed by atoms with Crippen molar-refractivity contribution >= 4 is 28.8 Å². The Kier molecular flexibility index (Phi) is 4.76. The minimum atomic E-state index is -0.0655. The Morgan fingerprint density at radius 3 is 2.60 bits per heavy atom. The Morgan fingerprint density at radius 2 is 1.96 bits per heavy atom.